The molecule has 0 bridgehead atoms. The summed E-state index contributed by atoms with van der Waals surface area (Å²) < 4.78 is 5.54. The van der Waals surface area contributed by atoms with Crippen molar-refractivity contribution in [1.29, 1.82) is 0 Å². The zero-order chi connectivity index (χ0) is 12.8. The molecular weight excluding hydrogens is 212 g/mol. The molecule has 0 aliphatic rings. The third-order valence-electron chi connectivity index (χ3n) is 3.34. The Bertz CT molecular complexity index is 363. The van der Waals surface area contributed by atoms with Crippen LogP contribution in [0.4, 0.5) is 0 Å². The normalized spacial score (nSPS) is 12.7. The highest BCUT2D eigenvalue weighted by atomic mass is 16.3. The Kier molecular flexibility index (Phi) is 5.49. The molecule has 0 aliphatic heterocycles. The van der Waals surface area contributed by atoms with Crippen LogP contribution < -0.4 is 0 Å². The maximum atomic E-state index is 10.2. The first-order chi connectivity index (χ1) is 8.07. The summed E-state index contributed by atoms with van der Waals surface area (Å²) in [5, 5.41) is 10.2. The standard InChI is InChI=1S/C15H24O2/c1-5-6-7-8-9-10-14(16)15-11(2)12(3)17-13(15)4/h5,14,16H,1,6-10H2,2-4H3. The second-order valence-electron chi connectivity index (χ2n) is 4.70. The highest BCUT2D eigenvalue weighted by Gasteiger charge is 2.18. The molecule has 1 atom stereocenters. The van der Waals surface area contributed by atoms with Gasteiger partial charge in [-0.05, 0) is 45.6 Å². The number of furan rings is 1. The second kappa shape index (κ2) is 6.65. The molecule has 0 fully saturated rings. The van der Waals surface area contributed by atoms with Gasteiger partial charge < -0.3 is 9.52 Å². The van der Waals surface area contributed by atoms with Gasteiger partial charge in [-0.1, -0.05) is 18.9 Å². The SMILES string of the molecule is C=CCCCCCC(O)c1c(C)oc(C)c1C. The van der Waals surface area contributed by atoms with Gasteiger partial charge in [-0.3, -0.25) is 0 Å². The molecule has 1 N–H and O–H groups in total. The van der Waals surface area contributed by atoms with E-state index in [1.807, 2.05) is 26.8 Å². The van der Waals surface area contributed by atoms with Crippen molar-refractivity contribution in [2.24, 2.45) is 0 Å². The molecule has 1 aromatic rings. The van der Waals surface area contributed by atoms with E-state index in [9.17, 15) is 5.11 Å². The van der Waals surface area contributed by atoms with E-state index in [4.69, 9.17) is 4.42 Å². The zero-order valence-electron chi connectivity index (χ0n) is 11.3. The second-order valence-corrected chi connectivity index (χ2v) is 4.70. The monoisotopic (exact) mass is 236 g/mol. The van der Waals surface area contributed by atoms with Gasteiger partial charge >= 0.3 is 0 Å². The molecule has 96 valence electrons. The minimum atomic E-state index is -0.379. The number of hydrogen-bond donors (Lipinski definition) is 1. The van der Waals surface area contributed by atoms with Gasteiger partial charge in [0.15, 0.2) is 0 Å². The van der Waals surface area contributed by atoms with E-state index in [2.05, 4.69) is 6.58 Å². The Balaban J connectivity index is 2.46. The lowest BCUT2D eigenvalue weighted by Crippen LogP contribution is -2.00. The van der Waals surface area contributed by atoms with Gasteiger partial charge in [0.1, 0.15) is 11.5 Å². The number of aliphatic hydroxyl groups excluding tert-OH is 1. The van der Waals surface area contributed by atoms with E-state index in [1.54, 1.807) is 0 Å². The van der Waals surface area contributed by atoms with Gasteiger partial charge in [0, 0.05) is 5.56 Å². The molecule has 0 amide bonds. The largest absolute Gasteiger partial charge is 0.466 e. The van der Waals surface area contributed by atoms with E-state index < -0.39 is 0 Å². The predicted octanol–water partition coefficient (Wildman–Crippen LogP) is 4.37. The van der Waals surface area contributed by atoms with Crippen LogP contribution >= 0.6 is 0 Å². The minimum absolute atomic E-state index is 0.379. The average Bonchev–Trinajstić information content (AvgIpc) is 2.53. The fourth-order valence-electron chi connectivity index (χ4n) is 2.25. The molecule has 1 unspecified atom stereocenters. The lowest BCUT2D eigenvalue weighted by molar-refractivity contribution is 0.161. The summed E-state index contributed by atoms with van der Waals surface area (Å²) in [6, 6.07) is 0. The van der Waals surface area contributed by atoms with Crippen molar-refractivity contribution in [1.82, 2.24) is 0 Å². The van der Waals surface area contributed by atoms with E-state index in [0.717, 1.165) is 48.3 Å². The maximum Gasteiger partial charge on any atom is 0.107 e. The first-order valence-corrected chi connectivity index (χ1v) is 6.43. The zero-order valence-corrected chi connectivity index (χ0v) is 11.3. The number of hydrogen-bond acceptors (Lipinski definition) is 2. The van der Waals surface area contributed by atoms with Crippen LogP contribution in [0.25, 0.3) is 0 Å². The van der Waals surface area contributed by atoms with Crippen LogP contribution in [0.3, 0.4) is 0 Å². The van der Waals surface area contributed by atoms with Crippen LogP contribution in [0.5, 0.6) is 0 Å². The van der Waals surface area contributed by atoms with E-state index >= 15 is 0 Å². The molecule has 0 radical (unpaired) electrons. The molecule has 0 aromatic carbocycles. The van der Waals surface area contributed by atoms with Gasteiger partial charge in [-0.2, -0.15) is 0 Å². The highest BCUT2D eigenvalue weighted by molar-refractivity contribution is 5.33. The quantitative estimate of drug-likeness (QED) is 0.563. The average molecular weight is 236 g/mol. The molecule has 17 heavy (non-hydrogen) atoms. The van der Waals surface area contributed by atoms with Crippen molar-refractivity contribution in [3.8, 4) is 0 Å². The summed E-state index contributed by atoms with van der Waals surface area (Å²) in [6.07, 6.45) is 6.83. The Morgan fingerprint density at radius 2 is 1.88 bits per heavy atom. The van der Waals surface area contributed by atoms with Crippen molar-refractivity contribution >= 4 is 0 Å². The summed E-state index contributed by atoms with van der Waals surface area (Å²) in [7, 11) is 0. The number of aryl methyl sites for hydroxylation is 2. The van der Waals surface area contributed by atoms with Gasteiger partial charge in [0.25, 0.3) is 0 Å². The predicted molar refractivity (Wildman–Crippen MR) is 71.2 cm³/mol. The van der Waals surface area contributed by atoms with E-state index in [-0.39, 0.29) is 6.10 Å². The number of allylic oxidation sites excluding steroid dienone is 1. The van der Waals surface area contributed by atoms with Crippen LogP contribution in [0.15, 0.2) is 17.1 Å². The summed E-state index contributed by atoms with van der Waals surface area (Å²) >= 11 is 0. The topological polar surface area (TPSA) is 33.4 Å². The maximum absolute atomic E-state index is 10.2. The van der Waals surface area contributed by atoms with Gasteiger partial charge in [-0.25, -0.2) is 0 Å². The molecular formula is C15H24O2. The van der Waals surface area contributed by atoms with Crippen LogP contribution in [0, 0.1) is 20.8 Å². The summed E-state index contributed by atoms with van der Waals surface area (Å²) in [4.78, 5) is 0. The molecule has 0 saturated heterocycles. The minimum Gasteiger partial charge on any atom is -0.466 e. The lowest BCUT2D eigenvalue weighted by atomic mass is 9.99. The molecule has 0 aliphatic carbocycles. The van der Waals surface area contributed by atoms with Crippen molar-refractivity contribution < 1.29 is 9.52 Å². The van der Waals surface area contributed by atoms with Gasteiger partial charge in [-0.15, -0.1) is 6.58 Å². The Morgan fingerprint density at radius 1 is 1.18 bits per heavy atom. The molecule has 2 nitrogen and oxygen atoms in total. The van der Waals surface area contributed by atoms with Crippen LogP contribution in [0.2, 0.25) is 0 Å². The van der Waals surface area contributed by atoms with Gasteiger partial charge in [0.05, 0.1) is 6.10 Å². The summed E-state index contributed by atoms with van der Waals surface area (Å²) in [6.45, 7) is 9.60. The fraction of sp³-hybridized carbons (Fsp3) is 0.600. The third-order valence-corrected chi connectivity index (χ3v) is 3.34. The van der Waals surface area contributed by atoms with E-state index in [0.29, 0.717) is 0 Å². The molecule has 0 spiro atoms. The van der Waals surface area contributed by atoms with E-state index in [1.165, 1.54) is 6.42 Å². The molecule has 1 aromatic heterocycles. The Labute approximate surface area is 104 Å². The van der Waals surface area contributed by atoms with Crippen molar-refractivity contribution in [2.75, 3.05) is 0 Å². The highest BCUT2D eigenvalue weighted by Crippen LogP contribution is 2.30. The Hall–Kier alpha value is -1.02. The number of aliphatic hydroxyl groups is 1. The number of rotatable bonds is 7. The smallest absolute Gasteiger partial charge is 0.107 e. The van der Waals surface area contributed by atoms with Gasteiger partial charge in [0.2, 0.25) is 0 Å². The number of unbranched alkanes of at least 4 members (excludes halogenated alkanes) is 3. The van der Waals surface area contributed by atoms with Crippen molar-refractivity contribution in [3.63, 3.8) is 0 Å². The summed E-state index contributed by atoms with van der Waals surface area (Å²) in [5.74, 6) is 1.78. The summed E-state index contributed by atoms with van der Waals surface area (Å²) in [5.41, 5.74) is 2.09. The lowest BCUT2D eigenvalue weighted by Gasteiger charge is -2.10. The molecule has 1 rings (SSSR count). The molecule has 1 heterocycles. The fourth-order valence-corrected chi connectivity index (χ4v) is 2.25. The van der Waals surface area contributed by atoms with Crippen LogP contribution in [0.1, 0.15) is 60.9 Å². The van der Waals surface area contributed by atoms with Crippen LogP contribution in [-0.4, -0.2) is 5.11 Å². The molecule has 0 saturated carbocycles. The van der Waals surface area contributed by atoms with Crippen molar-refractivity contribution in [2.45, 2.75) is 59.0 Å². The first kappa shape index (κ1) is 14.0. The molecule has 2 heteroatoms. The van der Waals surface area contributed by atoms with Crippen molar-refractivity contribution in [3.05, 3.63) is 35.3 Å². The van der Waals surface area contributed by atoms with Crippen LogP contribution in [-0.2, 0) is 0 Å². The Morgan fingerprint density at radius 3 is 2.41 bits per heavy atom. The third kappa shape index (κ3) is 3.74. The first-order valence-electron chi connectivity index (χ1n) is 6.43.